The molecule has 0 radical (unpaired) electrons. The van der Waals surface area contributed by atoms with Crippen LogP contribution in [0.1, 0.15) is 11.1 Å². The highest BCUT2D eigenvalue weighted by Gasteiger charge is 2.21. The molecule has 0 saturated carbocycles. The molecule has 0 spiro atoms. The first-order valence-corrected chi connectivity index (χ1v) is 12.6. The van der Waals surface area contributed by atoms with E-state index in [0.717, 1.165) is 33.6 Å². The number of piperazine rings is 1. The zero-order valence-electron chi connectivity index (χ0n) is 21.1. The number of nitrogens with zero attached hydrogens (tertiary/aromatic N) is 8. The number of hydrogen-bond acceptors (Lipinski definition) is 6. The Morgan fingerprint density at radius 1 is 0.923 bits per heavy atom. The quantitative estimate of drug-likeness (QED) is 0.335. The van der Waals surface area contributed by atoms with Crippen LogP contribution in [0.5, 0.6) is 0 Å². The molecule has 39 heavy (non-hydrogen) atoms. The fourth-order valence-corrected chi connectivity index (χ4v) is 4.91. The summed E-state index contributed by atoms with van der Waals surface area (Å²) in [5.74, 6) is 2.73. The predicted octanol–water partition coefficient (Wildman–Crippen LogP) is 3.46. The Balaban J connectivity index is 1.31. The van der Waals surface area contributed by atoms with Crippen molar-refractivity contribution in [1.29, 1.82) is 5.26 Å². The van der Waals surface area contributed by atoms with Gasteiger partial charge in [0, 0.05) is 67.0 Å². The van der Waals surface area contributed by atoms with Gasteiger partial charge < -0.3 is 9.80 Å². The Morgan fingerprint density at radius 2 is 1.74 bits per heavy atom. The first-order valence-electron chi connectivity index (χ1n) is 12.6. The summed E-state index contributed by atoms with van der Waals surface area (Å²) in [6.45, 7) is 3.12. The van der Waals surface area contributed by atoms with Crippen LogP contribution in [0.2, 0.25) is 0 Å². The number of carbonyl (C=O) groups excluding carboxylic acids is 1. The summed E-state index contributed by atoms with van der Waals surface area (Å²) in [4.78, 5) is 20.3. The van der Waals surface area contributed by atoms with Gasteiger partial charge in [0.25, 0.3) is 5.91 Å². The molecular formula is C30H24N8O. The van der Waals surface area contributed by atoms with Crippen molar-refractivity contribution in [3.63, 3.8) is 0 Å². The third kappa shape index (κ3) is 4.70. The highest BCUT2D eigenvalue weighted by atomic mass is 16.2. The Hall–Kier alpha value is -5.41. The second-order valence-electron chi connectivity index (χ2n) is 9.35. The summed E-state index contributed by atoms with van der Waals surface area (Å²) >= 11 is 0. The maximum atomic E-state index is 11.8. The second kappa shape index (κ2) is 10.2. The Kier molecular flexibility index (Phi) is 6.24. The first-order chi connectivity index (χ1) is 19.1. The van der Waals surface area contributed by atoms with Gasteiger partial charge in [-0.05, 0) is 29.7 Å². The molecule has 1 aliphatic rings. The van der Waals surface area contributed by atoms with Crippen LogP contribution >= 0.6 is 0 Å². The van der Waals surface area contributed by atoms with Crippen molar-refractivity contribution in [3.05, 3.63) is 90.6 Å². The minimum Gasteiger partial charge on any atom is -0.353 e. The minimum absolute atomic E-state index is 0.276. The lowest BCUT2D eigenvalue weighted by molar-refractivity contribution is -0.125. The molecule has 0 atom stereocenters. The molecule has 0 aliphatic carbocycles. The van der Waals surface area contributed by atoms with Crippen LogP contribution in [0.4, 0.5) is 5.82 Å². The van der Waals surface area contributed by atoms with Gasteiger partial charge in [-0.1, -0.05) is 30.3 Å². The molecular weight excluding hydrogens is 488 g/mol. The van der Waals surface area contributed by atoms with Gasteiger partial charge in [0.1, 0.15) is 11.9 Å². The van der Waals surface area contributed by atoms with E-state index in [-0.39, 0.29) is 5.91 Å². The molecule has 0 N–H and O–H groups in total. The van der Waals surface area contributed by atoms with Gasteiger partial charge in [-0.15, -0.1) is 6.42 Å². The van der Waals surface area contributed by atoms with Crippen molar-refractivity contribution in [2.45, 2.75) is 6.54 Å². The number of aromatic nitrogens is 5. The van der Waals surface area contributed by atoms with Crippen molar-refractivity contribution in [3.8, 4) is 40.7 Å². The Bertz CT molecular complexity index is 1730. The van der Waals surface area contributed by atoms with E-state index >= 15 is 0 Å². The predicted molar refractivity (Wildman–Crippen MR) is 148 cm³/mol. The van der Waals surface area contributed by atoms with Crippen LogP contribution in [0.3, 0.4) is 0 Å². The van der Waals surface area contributed by atoms with Gasteiger partial charge in [0.05, 0.1) is 30.0 Å². The first kappa shape index (κ1) is 24.0. The number of rotatable bonds is 5. The fraction of sp³-hybridized carbons (Fsp3) is 0.167. The molecule has 1 aromatic carbocycles. The number of carbonyl (C=O) groups is 1. The van der Waals surface area contributed by atoms with Crippen LogP contribution in [0.15, 0.2) is 79.5 Å². The van der Waals surface area contributed by atoms with Gasteiger partial charge in [-0.25, -0.2) is 9.50 Å². The zero-order chi connectivity index (χ0) is 26.8. The van der Waals surface area contributed by atoms with E-state index in [1.54, 1.807) is 15.6 Å². The molecule has 0 bridgehead atoms. The number of fused-ring (bicyclic) bond motifs is 1. The summed E-state index contributed by atoms with van der Waals surface area (Å²) in [5.41, 5.74) is 6.02. The van der Waals surface area contributed by atoms with Gasteiger partial charge in [-0.3, -0.25) is 9.48 Å². The Morgan fingerprint density at radius 3 is 2.46 bits per heavy atom. The van der Waals surface area contributed by atoms with Crippen LogP contribution < -0.4 is 4.90 Å². The molecule has 1 saturated heterocycles. The standard InChI is InChI=1S/C30H24N8O/c1-2-29(39)36-12-10-35(11-13-36)28-9-8-23(16-32-28)27-14-24(21-38-30(27)25(15-31)17-34-38)26-18-33-37(20-26)19-22-6-4-3-5-7-22/h1,3-9,14,16-18,20-21H,10-13,19H2. The van der Waals surface area contributed by atoms with Crippen LogP contribution in [-0.2, 0) is 11.3 Å². The number of benzene rings is 1. The van der Waals surface area contributed by atoms with E-state index in [1.807, 2.05) is 59.8 Å². The number of terminal acetylenes is 1. The number of hydrogen-bond donors (Lipinski definition) is 0. The van der Waals surface area contributed by atoms with Crippen molar-refractivity contribution in [1.82, 2.24) is 29.3 Å². The molecule has 1 amide bonds. The third-order valence-electron chi connectivity index (χ3n) is 6.96. The van der Waals surface area contributed by atoms with Crippen LogP contribution in [-0.4, -0.2) is 61.4 Å². The molecule has 1 fully saturated rings. The van der Waals surface area contributed by atoms with E-state index in [9.17, 15) is 10.1 Å². The highest BCUT2D eigenvalue weighted by molar-refractivity contribution is 5.93. The topological polar surface area (TPSA) is 95.4 Å². The smallest absolute Gasteiger partial charge is 0.298 e. The van der Waals surface area contributed by atoms with Gasteiger partial charge in [-0.2, -0.15) is 15.5 Å². The van der Waals surface area contributed by atoms with E-state index in [1.165, 1.54) is 5.56 Å². The SMILES string of the molecule is C#CC(=O)N1CCN(c2ccc(-c3cc(-c4cnn(Cc5ccccc5)c4)cn4ncc(C#N)c34)cn2)CC1. The average molecular weight is 513 g/mol. The molecule has 9 nitrogen and oxygen atoms in total. The largest absolute Gasteiger partial charge is 0.353 e. The molecule has 190 valence electrons. The summed E-state index contributed by atoms with van der Waals surface area (Å²) in [6.07, 6.45) is 14.4. The van der Waals surface area contributed by atoms with E-state index in [4.69, 9.17) is 11.4 Å². The number of amides is 1. The van der Waals surface area contributed by atoms with Crippen molar-refractivity contribution >= 4 is 17.2 Å². The van der Waals surface area contributed by atoms with E-state index in [0.29, 0.717) is 38.3 Å². The number of nitriles is 1. The van der Waals surface area contributed by atoms with Gasteiger partial charge in [0.2, 0.25) is 0 Å². The lowest BCUT2D eigenvalue weighted by atomic mass is 10.0. The molecule has 1 aliphatic heterocycles. The lowest BCUT2D eigenvalue weighted by Gasteiger charge is -2.34. The van der Waals surface area contributed by atoms with E-state index in [2.05, 4.69) is 45.3 Å². The molecule has 4 aromatic heterocycles. The number of pyridine rings is 2. The van der Waals surface area contributed by atoms with Crippen molar-refractivity contribution in [2.24, 2.45) is 0 Å². The third-order valence-corrected chi connectivity index (χ3v) is 6.96. The molecule has 6 rings (SSSR count). The number of anilines is 1. The van der Waals surface area contributed by atoms with Gasteiger partial charge >= 0.3 is 0 Å². The maximum absolute atomic E-state index is 11.8. The zero-order valence-corrected chi connectivity index (χ0v) is 21.1. The molecule has 5 heterocycles. The fourth-order valence-electron chi connectivity index (χ4n) is 4.91. The van der Waals surface area contributed by atoms with E-state index < -0.39 is 0 Å². The monoisotopic (exact) mass is 512 g/mol. The lowest BCUT2D eigenvalue weighted by Crippen LogP contribution is -2.48. The molecule has 9 heteroatoms. The molecule has 0 unspecified atom stereocenters. The van der Waals surface area contributed by atoms with Crippen LogP contribution in [0.25, 0.3) is 27.8 Å². The average Bonchev–Trinajstić information content (AvgIpc) is 3.64. The van der Waals surface area contributed by atoms with Crippen molar-refractivity contribution < 1.29 is 4.79 Å². The minimum atomic E-state index is -0.276. The highest BCUT2D eigenvalue weighted by Crippen LogP contribution is 2.32. The summed E-state index contributed by atoms with van der Waals surface area (Å²) in [5, 5.41) is 18.7. The van der Waals surface area contributed by atoms with Gasteiger partial charge in [0.15, 0.2) is 0 Å². The maximum Gasteiger partial charge on any atom is 0.298 e. The van der Waals surface area contributed by atoms with Crippen LogP contribution in [0, 0.1) is 23.7 Å². The molecule has 5 aromatic rings. The summed E-state index contributed by atoms with van der Waals surface area (Å²) < 4.78 is 3.65. The summed E-state index contributed by atoms with van der Waals surface area (Å²) in [6, 6.07) is 18.5. The van der Waals surface area contributed by atoms with Crippen molar-refractivity contribution in [2.75, 3.05) is 31.1 Å². The Labute approximate surface area is 225 Å². The summed E-state index contributed by atoms with van der Waals surface area (Å²) in [7, 11) is 0. The normalized spacial score (nSPS) is 13.3. The second-order valence-corrected chi connectivity index (χ2v) is 9.35.